The molecule has 0 aliphatic carbocycles. The van der Waals surface area contributed by atoms with Crippen LogP contribution in [0.2, 0.25) is 0 Å². The third-order valence-corrected chi connectivity index (χ3v) is 4.21. The summed E-state index contributed by atoms with van der Waals surface area (Å²) < 4.78 is 5.84. The van der Waals surface area contributed by atoms with Gasteiger partial charge in [0.2, 0.25) is 5.91 Å². The fraction of sp³-hybridized carbons (Fsp3) is 0.381. The van der Waals surface area contributed by atoms with Gasteiger partial charge in [-0.3, -0.25) is 4.79 Å². The van der Waals surface area contributed by atoms with Crippen LogP contribution < -0.4 is 10.1 Å². The van der Waals surface area contributed by atoms with Crippen molar-refractivity contribution in [1.29, 1.82) is 0 Å². The molecule has 0 heterocycles. The Hall–Kier alpha value is -2.29. The minimum absolute atomic E-state index is 0.0630. The average molecular weight is 325 g/mol. The number of carbonyl (C=O) groups excluding carboxylic acids is 1. The van der Waals surface area contributed by atoms with Gasteiger partial charge in [-0.1, -0.05) is 57.5 Å². The van der Waals surface area contributed by atoms with E-state index in [1.54, 1.807) is 0 Å². The third-order valence-electron chi connectivity index (χ3n) is 4.21. The molecule has 1 N–H and O–H groups in total. The van der Waals surface area contributed by atoms with Crippen LogP contribution in [-0.4, -0.2) is 12.5 Å². The van der Waals surface area contributed by atoms with E-state index in [0.29, 0.717) is 13.0 Å². The molecule has 0 atom stereocenters. The molecule has 24 heavy (non-hydrogen) atoms. The zero-order valence-electron chi connectivity index (χ0n) is 14.8. The lowest BCUT2D eigenvalue weighted by atomic mass is 9.86. The number of para-hydroxylation sites is 1. The molecule has 0 aromatic heterocycles. The number of benzene rings is 2. The van der Waals surface area contributed by atoms with Crippen LogP contribution >= 0.6 is 0 Å². The summed E-state index contributed by atoms with van der Waals surface area (Å²) in [5.74, 6) is 1.76. The highest BCUT2D eigenvalue weighted by atomic mass is 16.5. The van der Waals surface area contributed by atoms with Crippen LogP contribution in [0.1, 0.15) is 39.2 Å². The van der Waals surface area contributed by atoms with E-state index in [1.165, 1.54) is 0 Å². The maximum Gasteiger partial charge on any atom is 0.220 e. The molecule has 0 saturated carbocycles. The molecule has 1 amide bonds. The number of carbonyl (C=O) groups is 1. The lowest BCUT2D eigenvalue weighted by Crippen LogP contribution is -2.30. The van der Waals surface area contributed by atoms with Crippen molar-refractivity contribution in [3.8, 4) is 11.5 Å². The first-order chi connectivity index (χ1) is 11.5. The molecule has 0 unspecified atom stereocenters. The minimum atomic E-state index is 0.0630. The number of nitrogens with one attached hydrogen (secondary N) is 1. The van der Waals surface area contributed by atoms with Crippen molar-refractivity contribution in [2.75, 3.05) is 6.54 Å². The van der Waals surface area contributed by atoms with Crippen LogP contribution in [0.15, 0.2) is 54.6 Å². The Morgan fingerprint density at radius 2 is 1.75 bits per heavy atom. The van der Waals surface area contributed by atoms with E-state index in [-0.39, 0.29) is 11.3 Å². The highest BCUT2D eigenvalue weighted by Gasteiger charge is 2.19. The van der Waals surface area contributed by atoms with Gasteiger partial charge >= 0.3 is 0 Å². The van der Waals surface area contributed by atoms with Gasteiger partial charge in [0.25, 0.3) is 0 Å². The van der Waals surface area contributed by atoms with Crippen LogP contribution in [-0.2, 0) is 11.2 Å². The standard InChI is InChI=1S/C21H27NO2/c1-4-21(2,3)16-20(23)22-14-13-17-9-8-12-19(15-17)24-18-10-6-5-7-11-18/h5-12,15H,4,13-14,16H2,1-3H3,(H,22,23). The molecule has 3 heteroatoms. The second-order valence-corrected chi connectivity index (χ2v) is 6.86. The van der Waals surface area contributed by atoms with Crippen molar-refractivity contribution in [3.05, 3.63) is 60.2 Å². The molecule has 2 aromatic carbocycles. The van der Waals surface area contributed by atoms with Crippen LogP contribution in [0.4, 0.5) is 0 Å². The number of hydrogen-bond donors (Lipinski definition) is 1. The van der Waals surface area contributed by atoms with E-state index in [2.05, 4.69) is 32.2 Å². The van der Waals surface area contributed by atoms with E-state index in [0.717, 1.165) is 29.9 Å². The summed E-state index contributed by atoms with van der Waals surface area (Å²) in [5.41, 5.74) is 1.21. The summed E-state index contributed by atoms with van der Waals surface area (Å²) in [6, 6.07) is 17.7. The second-order valence-electron chi connectivity index (χ2n) is 6.86. The van der Waals surface area contributed by atoms with E-state index in [1.807, 2.05) is 48.5 Å². The molecular formula is C21H27NO2. The van der Waals surface area contributed by atoms with Gasteiger partial charge in [-0.2, -0.15) is 0 Å². The monoisotopic (exact) mass is 325 g/mol. The first kappa shape index (κ1) is 18.1. The molecule has 0 radical (unpaired) electrons. The van der Waals surface area contributed by atoms with Gasteiger partial charge in [0.1, 0.15) is 11.5 Å². The predicted octanol–water partition coefficient (Wildman–Crippen LogP) is 4.96. The Morgan fingerprint density at radius 1 is 1.04 bits per heavy atom. The van der Waals surface area contributed by atoms with E-state index in [9.17, 15) is 4.79 Å². The van der Waals surface area contributed by atoms with Crippen LogP contribution in [0.25, 0.3) is 0 Å². The van der Waals surface area contributed by atoms with Gasteiger partial charge in [0, 0.05) is 13.0 Å². The van der Waals surface area contributed by atoms with Gasteiger partial charge in [-0.15, -0.1) is 0 Å². The predicted molar refractivity (Wildman–Crippen MR) is 98.4 cm³/mol. The SMILES string of the molecule is CCC(C)(C)CC(=O)NCCc1cccc(Oc2ccccc2)c1. The molecule has 0 bridgehead atoms. The van der Waals surface area contributed by atoms with E-state index >= 15 is 0 Å². The summed E-state index contributed by atoms with van der Waals surface area (Å²) in [5, 5.41) is 3.01. The average Bonchev–Trinajstić information content (AvgIpc) is 2.56. The van der Waals surface area contributed by atoms with Gasteiger partial charge in [0.15, 0.2) is 0 Å². The number of hydrogen-bond acceptors (Lipinski definition) is 2. The molecule has 0 aliphatic rings. The molecule has 3 nitrogen and oxygen atoms in total. The highest BCUT2D eigenvalue weighted by Crippen LogP contribution is 2.24. The van der Waals surface area contributed by atoms with Gasteiger partial charge in [-0.25, -0.2) is 0 Å². The van der Waals surface area contributed by atoms with Gasteiger partial charge < -0.3 is 10.1 Å². The van der Waals surface area contributed by atoms with E-state index < -0.39 is 0 Å². The van der Waals surface area contributed by atoms with Crippen LogP contribution in [0.3, 0.4) is 0 Å². The molecule has 0 saturated heterocycles. The van der Waals surface area contributed by atoms with Crippen molar-refractivity contribution >= 4 is 5.91 Å². The molecule has 2 rings (SSSR count). The molecule has 0 fully saturated rings. The molecular weight excluding hydrogens is 298 g/mol. The van der Waals surface area contributed by atoms with Gasteiger partial charge in [-0.05, 0) is 41.7 Å². The van der Waals surface area contributed by atoms with Crippen molar-refractivity contribution in [1.82, 2.24) is 5.32 Å². The summed E-state index contributed by atoms with van der Waals surface area (Å²) in [4.78, 5) is 12.0. The van der Waals surface area contributed by atoms with Crippen LogP contribution in [0, 0.1) is 5.41 Å². The van der Waals surface area contributed by atoms with Crippen molar-refractivity contribution < 1.29 is 9.53 Å². The Bertz CT molecular complexity index is 650. The summed E-state index contributed by atoms with van der Waals surface area (Å²) in [6.07, 6.45) is 2.37. The van der Waals surface area contributed by atoms with Crippen molar-refractivity contribution in [2.45, 2.75) is 40.0 Å². The minimum Gasteiger partial charge on any atom is -0.457 e. The summed E-state index contributed by atoms with van der Waals surface area (Å²) in [6.45, 7) is 7.01. The van der Waals surface area contributed by atoms with Crippen molar-refractivity contribution in [3.63, 3.8) is 0 Å². The topological polar surface area (TPSA) is 38.3 Å². The lowest BCUT2D eigenvalue weighted by Gasteiger charge is -2.21. The van der Waals surface area contributed by atoms with E-state index in [4.69, 9.17) is 4.74 Å². The molecule has 2 aromatic rings. The molecule has 0 aliphatic heterocycles. The number of ether oxygens (including phenoxy) is 1. The molecule has 128 valence electrons. The summed E-state index contributed by atoms with van der Waals surface area (Å²) in [7, 11) is 0. The normalized spacial score (nSPS) is 11.1. The first-order valence-electron chi connectivity index (χ1n) is 8.57. The zero-order valence-corrected chi connectivity index (χ0v) is 14.8. The quantitative estimate of drug-likeness (QED) is 0.744. The number of rotatable bonds is 8. The lowest BCUT2D eigenvalue weighted by molar-refractivity contribution is -0.123. The smallest absolute Gasteiger partial charge is 0.220 e. The van der Waals surface area contributed by atoms with Crippen LogP contribution in [0.5, 0.6) is 11.5 Å². The molecule has 0 spiro atoms. The summed E-state index contributed by atoms with van der Waals surface area (Å²) >= 11 is 0. The third kappa shape index (κ3) is 6.07. The first-order valence-corrected chi connectivity index (χ1v) is 8.57. The fourth-order valence-electron chi connectivity index (χ4n) is 2.36. The van der Waals surface area contributed by atoms with Crippen molar-refractivity contribution in [2.24, 2.45) is 5.41 Å². The highest BCUT2D eigenvalue weighted by molar-refractivity contribution is 5.76. The Morgan fingerprint density at radius 3 is 2.46 bits per heavy atom. The zero-order chi connectivity index (χ0) is 17.4. The Labute approximate surface area is 145 Å². The second kappa shape index (κ2) is 8.53. The Balaban J connectivity index is 1.83. The number of amides is 1. The maximum absolute atomic E-state index is 12.0. The fourth-order valence-corrected chi connectivity index (χ4v) is 2.36. The Kier molecular flexibility index (Phi) is 6.42. The largest absolute Gasteiger partial charge is 0.457 e. The maximum atomic E-state index is 12.0. The van der Waals surface area contributed by atoms with Gasteiger partial charge in [0.05, 0.1) is 0 Å².